The summed E-state index contributed by atoms with van der Waals surface area (Å²) in [6.07, 6.45) is 0. The molecule has 2 aromatic rings. The van der Waals surface area contributed by atoms with E-state index in [0.29, 0.717) is 20.6 Å². The van der Waals surface area contributed by atoms with Gasteiger partial charge in [0.25, 0.3) is 0 Å². The fraction of sp³-hybridized carbons (Fsp3) is 0.0769. The molecule has 0 fully saturated rings. The Bertz CT molecular complexity index is 665. The SMILES string of the molecule is Fc1cc(F)c(NCc2c(Cl)ccc(Cl)c2Cl)cc1Br. The van der Waals surface area contributed by atoms with Crippen molar-refractivity contribution in [3.8, 4) is 0 Å². The van der Waals surface area contributed by atoms with Crippen molar-refractivity contribution in [1.29, 1.82) is 0 Å². The zero-order valence-electron chi connectivity index (χ0n) is 9.78. The van der Waals surface area contributed by atoms with Crippen molar-refractivity contribution in [3.63, 3.8) is 0 Å². The van der Waals surface area contributed by atoms with Crippen LogP contribution >= 0.6 is 50.7 Å². The molecule has 1 N–H and O–H groups in total. The molecule has 2 rings (SSSR count). The summed E-state index contributed by atoms with van der Waals surface area (Å²) >= 11 is 20.9. The second-order valence-electron chi connectivity index (χ2n) is 3.92. The molecule has 1 nitrogen and oxygen atoms in total. The second-order valence-corrected chi connectivity index (χ2v) is 5.97. The lowest BCUT2D eigenvalue weighted by Crippen LogP contribution is -2.03. The van der Waals surface area contributed by atoms with Gasteiger partial charge in [0.2, 0.25) is 0 Å². The van der Waals surface area contributed by atoms with Gasteiger partial charge >= 0.3 is 0 Å². The fourth-order valence-electron chi connectivity index (χ4n) is 1.57. The molecule has 0 aliphatic rings. The van der Waals surface area contributed by atoms with Crippen molar-refractivity contribution in [2.75, 3.05) is 5.32 Å². The number of halogens is 6. The normalized spacial score (nSPS) is 10.7. The van der Waals surface area contributed by atoms with Gasteiger partial charge in [-0.25, -0.2) is 8.78 Å². The first-order valence-corrected chi connectivity index (χ1v) is 7.33. The van der Waals surface area contributed by atoms with E-state index in [-0.39, 0.29) is 16.7 Å². The molecule has 0 radical (unpaired) electrons. The van der Waals surface area contributed by atoms with E-state index < -0.39 is 11.6 Å². The Morgan fingerprint density at radius 3 is 2.35 bits per heavy atom. The van der Waals surface area contributed by atoms with Gasteiger partial charge in [-0.1, -0.05) is 34.8 Å². The largest absolute Gasteiger partial charge is 0.378 e. The third-order valence-corrected chi connectivity index (χ3v) is 4.41. The summed E-state index contributed by atoms with van der Waals surface area (Å²) in [5.41, 5.74) is 0.672. The van der Waals surface area contributed by atoms with Crippen LogP contribution in [-0.2, 0) is 6.54 Å². The molecule has 0 saturated heterocycles. The highest BCUT2D eigenvalue weighted by atomic mass is 79.9. The fourth-order valence-corrected chi connectivity index (χ4v) is 2.60. The minimum Gasteiger partial charge on any atom is -0.378 e. The van der Waals surface area contributed by atoms with E-state index in [1.807, 2.05) is 0 Å². The molecule has 0 bridgehead atoms. The summed E-state index contributed by atoms with van der Waals surface area (Å²) in [4.78, 5) is 0. The lowest BCUT2D eigenvalue weighted by molar-refractivity contribution is 0.580. The van der Waals surface area contributed by atoms with Crippen molar-refractivity contribution in [1.82, 2.24) is 0 Å². The van der Waals surface area contributed by atoms with E-state index in [2.05, 4.69) is 21.2 Å². The highest BCUT2D eigenvalue weighted by Gasteiger charge is 2.12. The Kier molecular flexibility index (Phi) is 5.13. The molecular weight excluding hydrogens is 394 g/mol. The zero-order valence-corrected chi connectivity index (χ0v) is 13.6. The van der Waals surface area contributed by atoms with Crippen LogP contribution in [0.3, 0.4) is 0 Å². The third-order valence-electron chi connectivity index (χ3n) is 2.60. The number of anilines is 1. The molecule has 0 aliphatic carbocycles. The Labute approximate surface area is 138 Å². The Balaban J connectivity index is 2.26. The molecule has 0 unspecified atom stereocenters. The van der Waals surface area contributed by atoms with Crippen LogP contribution in [0.2, 0.25) is 15.1 Å². The first-order chi connectivity index (χ1) is 9.40. The van der Waals surface area contributed by atoms with Crippen LogP contribution in [0.25, 0.3) is 0 Å². The van der Waals surface area contributed by atoms with Crippen LogP contribution in [0.4, 0.5) is 14.5 Å². The molecule has 20 heavy (non-hydrogen) atoms. The maximum absolute atomic E-state index is 13.6. The van der Waals surface area contributed by atoms with Crippen LogP contribution in [0, 0.1) is 11.6 Å². The predicted molar refractivity (Wildman–Crippen MR) is 82.9 cm³/mol. The molecule has 2 aromatic carbocycles. The van der Waals surface area contributed by atoms with Crippen LogP contribution in [0.15, 0.2) is 28.7 Å². The lowest BCUT2D eigenvalue weighted by atomic mass is 10.2. The average molecular weight is 401 g/mol. The Morgan fingerprint density at radius 2 is 1.65 bits per heavy atom. The first-order valence-electron chi connectivity index (χ1n) is 5.41. The van der Waals surface area contributed by atoms with Crippen molar-refractivity contribution >= 4 is 56.4 Å². The molecule has 0 heterocycles. The van der Waals surface area contributed by atoms with Gasteiger partial charge in [-0.15, -0.1) is 0 Å². The van der Waals surface area contributed by atoms with Crippen molar-refractivity contribution in [3.05, 3.63) is 61.0 Å². The third kappa shape index (κ3) is 3.37. The highest BCUT2D eigenvalue weighted by molar-refractivity contribution is 9.10. The van der Waals surface area contributed by atoms with Crippen LogP contribution < -0.4 is 5.32 Å². The summed E-state index contributed by atoms with van der Waals surface area (Å²) in [5, 5.41) is 3.87. The first kappa shape index (κ1) is 15.8. The van der Waals surface area contributed by atoms with Gasteiger partial charge in [0.1, 0.15) is 11.6 Å². The number of nitrogens with one attached hydrogen (secondary N) is 1. The van der Waals surface area contributed by atoms with Gasteiger partial charge < -0.3 is 5.32 Å². The quantitative estimate of drug-likeness (QED) is 0.595. The standard InChI is InChI=1S/C13H7BrCl3F2N/c14-7-3-12(11(19)4-10(7)18)20-5-6-8(15)1-2-9(16)13(6)17/h1-4,20H,5H2. The van der Waals surface area contributed by atoms with E-state index >= 15 is 0 Å². The van der Waals surface area contributed by atoms with Gasteiger partial charge in [0.05, 0.1) is 20.2 Å². The zero-order chi connectivity index (χ0) is 14.9. The van der Waals surface area contributed by atoms with Gasteiger partial charge in [-0.3, -0.25) is 0 Å². The van der Waals surface area contributed by atoms with Gasteiger partial charge in [0.15, 0.2) is 0 Å². The van der Waals surface area contributed by atoms with Crippen molar-refractivity contribution in [2.24, 2.45) is 0 Å². The molecule has 106 valence electrons. The molecule has 0 atom stereocenters. The maximum Gasteiger partial charge on any atom is 0.149 e. The number of benzene rings is 2. The lowest BCUT2D eigenvalue weighted by Gasteiger charge is -2.12. The predicted octanol–water partition coefficient (Wildman–Crippen LogP) is 6.30. The molecule has 7 heteroatoms. The number of hydrogen-bond donors (Lipinski definition) is 1. The van der Waals surface area contributed by atoms with Gasteiger partial charge in [0, 0.05) is 23.2 Å². The van der Waals surface area contributed by atoms with E-state index in [9.17, 15) is 8.78 Å². The monoisotopic (exact) mass is 399 g/mol. The van der Waals surface area contributed by atoms with Gasteiger partial charge in [-0.2, -0.15) is 0 Å². The molecule has 0 amide bonds. The van der Waals surface area contributed by atoms with E-state index in [4.69, 9.17) is 34.8 Å². The highest BCUT2D eigenvalue weighted by Crippen LogP contribution is 2.32. The second kappa shape index (κ2) is 6.48. The molecule has 0 aliphatic heterocycles. The van der Waals surface area contributed by atoms with E-state index in [0.717, 1.165) is 6.07 Å². The number of hydrogen-bond acceptors (Lipinski definition) is 1. The van der Waals surface area contributed by atoms with Crippen LogP contribution in [-0.4, -0.2) is 0 Å². The summed E-state index contributed by atoms with van der Waals surface area (Å²) < 4.78 is 26.9. The summed E-state index contributed by atoms with van der Waals surface area (Å²) in [5.74, 6) is -1.38. The summed E-state index contributed by atoms with van der Waals surface area (Å²) in [6.45, 7) is 0.160. The van der Waals surface area contributed by atoms with Crippen molar-refractivity contribution < 1.29 is 8.78 Å². The topological polar surface area (TPSA) is 12.0 Å². The van der Waals surface area contributed by atoms with E-state index in [1.165, 1.54) is 6.07 Å². The molecule has 0 spiro atoms. The Hall–Kier alpha value is -0.550. The Morgan fingerprint density at radius 1 is 1.00 bits per heavy atom. The van der Waals surface area contributed by atoms with E-state index in [1.54, 1.807) is 12.1 Å². The summed E-state index contributed by atoms with van der Waals surface area (Å²) in [7, 11) is 0. The summed E-state index contributed by atoms with van der Waals surface area (Å²) in [6, 6.07) is 5.26. The minimum absolute atomic E-state index is 0.130. The van der Waals surface area contributed by atoms with Gasteiger partial charge in [-0.05, 0) is 34.1 Å². The van der Waals surface area contributed by atoms with Crippen LogP contribution in [0.5, 0.6) is 0 Å². The molecular formula is C13H7BrCl3F2N. The molecule has 0 saturated carbocycles. The minimum atomic E-state index is -0.708. The maximum atomic E-state index is 13.6. The number of rotatable bonds is 3. The van der Waals surface area contributed by atoms with Crippen molar-refractivity contribution in [2.45, 2.75) is 6.54 Å². The van der Waals surface area contributed by atoms with Crippen LogP contribution in [0.1, 0.15) is 5.56 Å². The smallest absolute Gasteiger partial charge is 0.149 e. The average Bonchev–Trinajstić information content (AvgIpc) is 2.40. The molecule has 0 aromatic heterocycles.